The minimum atomic E-state index is -5.43. The third-order valence-corrected chi connectivity index (χ3v) is 7.41. The maximum Gasteiger partial charge on any atom is 0.472 e. The van der Waals surface area contributed by atoms with Crippen LogP contribution in [-0.4, -0.2) is 90.9 Å². The number of nitrogens with zero attached hydrogens (tertiary/aromatic N) is 3. The van der Waals surface area contributed by atoms with E-state index in [0.717, 1.165) is 23.9 Å². The normalized spacial score (nSPS) is 32.4. The molecule has 41 heavy (non-hydrogen) atoms. The van der Waals surface area contributed by atoms with E-state index in [1.165, 1.54) is 6.07 Å². The first-order chi connectivity index (χ1) is 19.2. The molecule has 2 aliphatic heterocycles. The number of aromatic amines is 1. The molecule has 0 spiro atoms. The van der Waals surface area contributed by atoms with E-state index in [0.29, 0.717) is 0 Å². The van der Waals surface area contributed by atoms with Crippen molar-refractivity contribution in [3.63, 3.8) is 0 Å². The highest BCUT2D eigenvalue weighted by Crippen LogP contribution is 2.55. The SMILES string of the molecule is C#C[C@]1(OC)[C@H](COP(=O)(O)O[C@@H]2[C@@H](CO)O[C@@H](c3cc(N)nc(=O)[nH]3)C2(F)F)O[C@H](n2ccc(N)nc2=O)[C@H]1O. The van der Waals surface area contributed by atoms with Crippen LogP contribution in [0.1, 0.15) is 18.0 Å². The number of nitrogens with one attached hydrogen (secondary N) is 1. The molecule has 0 aliphatic carbocycles. The number of ether oxygens (including phenoxy) is 3. The Hall–Kier alpha value is -3.31. The van der Waals surface area contributed by atoms with E-state index in [1.54, 1.807) is 0 Å². The third-order valence-electron chi connectivity index (χ3n) is 6.44. The number of phosphoric acid groups is 1. The van der Waals surface area contributed by atoms with Crippen molar-refractivity contribution in [1.82, 2.24) is 19.5 Å². The molecule has 0 aromatic carbocycles. The Morgan fingerprint density at radius 1 is 1.29 bits per heavy atom. The van der Waals surface area contributed by atoms with Gasteiger partial charge >= 0.3 is 25.1 Å². The fourth-order valence-electron chi connectivity index (χ4n) is 4.50. The molecule has 2 fully saturated rings. The summed E-state index contributed by atoms with van der Waals surface area (Å²) in [6.45, 7) is -2.06. The van der Waals surface area contributed by atoms with Gasteiger partial charge in [0.25, 0.3) is 0 Å². The van der Waals surface area contributed by atoms with Crippen molar-refractivity contribution in [1.29, 1.82) is 0 Å². The summed E-state index contributed by atoms with van der Waals surface area (Å²) in [5.74, 6) is -2.49. The highest BCUT2D eigenvalue weighted by Gasteiger charge is 2.63. The van der Waals surface area contributed by atoms with Gasteiger partial charge in [-0.3, -0.25) is 13.6 Å². The Kier molecular flexibility index (Phi) is 8.35. The number of nitrogens with two attached hydrogens (primary N) is 2. The summed E-state index contributed by atoms with van der Waals surface area (Å²) in [5.41, 5.74) is 6.32. The molecule has 1 unspecified atom stereocenters. The molecule has 0 saturated carbocycles. The standard InChI is InChI=1S/C21H25F2N6O11P/c1-3-20(36-2)11(39-17(14(20)31)29-5-4-12(24)28-19(29)33)8-37-41(34,35)40-16-10(7-30)38-15(21(16,22)23)9-6-13(25)27-18(32)26-9/h1,4-6,10-11,14-17,30-31H,7-8H2,2H3,(H,34,35)(H2,24,28,33)(H3,25,26,27,32)/t10-,11+,14-,15+,16-,17+,20+/m1/s1. The maximum atomic E-state index is 15.3. The number of aliphatic hydroxyl groups is 2. The van der Waals surface area contributed by atoms with Crippen LogP contribution in [0.25, 0.3) is 0 Å². The van der Waals surface area contributed by atoms with Gasteiger partial charge in [-0.25, -0.2) is 22.9 Å². The van der Waals surface area contributed by atoms with Crippen LogP contribution in [-0.2, 0) is 27.8 Å². The number of phosphoric ester groups is 1. The monoisotopic (exact) mass is 606 g/mol. The second-order valence-corrected chi connectivity index (χ2v) is 10.3. The van der Waals surface area contributed by atoms with Gasteiger partial charge in [-0.15, -0.1) is 6.42 Å². The lowest BCUT2D eigenvalue weighted by Gasteiger charge is -2.30. The molecule has 2 aromatic rings. The number of nitrogen functional groups attached to an aromatic ring is 2. The largest absolute Gasteiger partial charge is 0.472 e. The van der Waals surface area contributed by atoms with E-state index in [9.17, 15) is 29.3 Å². The van der Waals surface area contributed by atoms with Crippen molar-refractivity contribution < 1.29 is 51.7 Å². The van der Waals surface area contributed by atoms with Gasteiger partial charge in [0.1, 0.15) is 29.9 Å². The summed E-state index contributed by atoms with van der Waals surface area (Å²) in [6, 6.07) is 2.11. The second-order valence-electron chi connectivity index (χ2n) is 8.91. The molecule has 224 valence electrons. The molecule has 4 rings (SSSR count). The van der Waals surface area contributed by atoms with E-state index in [1.807, 2.05) is 4.98 Å². The molecule has 2 aliphatic rings. The minimum Gasteiger partial charge on any atom is -0.394 e. The van der Waals surface area contributed by atoms with Gasteiger partial charge in [0, 0.05) is 19.4 Å². The van der Waals surface area contributed by atoms with Crippen LogP contribution in [0.4, 0.5) is 20.4 Å². The lowest BCUT2D eigenvalue weighted by atomic mass is 9.93. The highest BCUT2D eigenvalue weighted by molar-refractivity contribution is 7.47. The van der Waals surface area contributed by atoms with Crippen LogP contribution in [0.2, 0.25) is 0 Å². The van der Waals surface area contributed by atoms with Crippen LogP contribution in [0.15, 0.2) is 27.9 Å². The van der Waals surface area contributed by atoms with Crippen molar-refractivity contribution in [2.24, 2.45) is 0 Å². The molecule has 2 aromatic heterocycles. The molecule has 2 saturated heterocycles. The maximum absolute atomic E-state index is 15.3. The van der Waals surface area contributed by atoms with E-state index in [-0.39, 0.29) is 5.82 Å². The van der Waals surface area contributed by atoms with E-state index in [2.05, 4.69) is 15.9 Å². The van der Waals surface area contributed by atoms with Crippen LogP contribution < -0.4 is 22.8 Å². The summed E-state index contributed by atoms with van der Waals surface area (Å²) < 4.78 is 69.9. The van der Waals surface area contributed by atoms with Crippen molar-refractivity contribution in [3.8, 4) is 12.3 Å². The summed E-state index contributed by atoms with van der Waals surface area (Å²) in [4.78, 5) is 43.1. The Morgan fingerprint density at radius 2 is 2.00 bits per heavy atom. The van der Waals surface area contributed by atoms with Gasteiger partial charge in [-0.05, 0) is 6.07 Å². The Balaban J connectivity index is 1.54. The van der Waals surface area contributed by atoms with E-state index < -0.39 is 92.2 Å². The minimum absolute atomic E-state index is 0.123. The number of rotatable bonds is 9. The quantitative estimate of drug-likeness (QED) is 0.134. The Morgan fingerprint density at radius 3 is 2.59 bits per heavy atom. The molecular formula is C21H25F2N6O11P. The average Bonchev–Trinajstić information content (AvgIpc) is 3.31. The van der Waals surface area contributed by atoms with Crippen molar-refractivity contribution >= 4 is 19.5 Å². The van der Waals surface area contributed by atoms with E-state index >= 15 is 8.78 Å². The van der Waals surface area contributed by atoms with Gasteiger partial charge in [-0.1, -0.05) is 5.92 Å². The predicted molar refractivity (Wildman–Crippen MR) is 131 cm³/mol. The van der Waals surface area contributed by atoms with Gasteiger partial charge in [-0.2, -0.15) is 9.97 Å². The zero-order chi connectivity index (χ0) is 30.3. The Labute approximate surface area is 228 Å². The highest BCUT2D eigenvalue weighted by atomic mass is 31.2. The first kappa shape index (κ1) is 30.6. The molecule has 0 amide bonds. The van der Waals surface area contributed by atoms with E-state index in [4.69, 9.17) is 41.1 Å². The van der Waals surface area contributed by atoms with Crippen molar-refractivity contribution in [2.75, 3.05) is 31.8 Å². The average molecular weight is 606 g/mol. The number of aliphatic hydroxyl groups excluding tert-OH is 2. The first-order valence-corrected chi connectivity index (χ1v) is 13.1. The van der Waals surface area contributed by atoms with Crippen molar-refractivity contribution in [3.05, 3.63) is 45.0 Å². The molecule has 8 N–H and O–H groups in total. The number of hydrogen-bond donors (Lipinski definition) is 6. The predicted octanol–water partition coefficient (Wildman–Crippen LogP) is -1.96. The molecule has 8 atom stereocenters. The zero-order valence-electron chi connectivity index (χ0n) is 21.0. The fraction of sp³-hybridized carbons (Fsp3) is 0.524. The molecule has 17 nitrogen and oxygen atoms in total. The number of alkyl halides is 2. The van der Waals surface area contributed by atoms with Gasteiger partial charge in [0.2, 0.25) is 0 Å². The van der Waals surface area contributed by atoms with Gasteiger partial charge < -0.3 is 45.8 Å². The molecular weight excluding hydrogens is 581 g/mol. The molecule has 0 bridgehead atoms. The lowest BCUT2D eigenvalue weighted by Crippen LogP contribution is -2.50. The lowest BCUT2D eigenvalue weighted by molar-refractivity contribution is -0.116. The molecule has 0 radical (unpaired) electrons. The molecule has 20 heteroatoms. The number of methoxy groups -OCH3 is 1. The van der Waals surface area contributed by atoms with Crippen LogP contribution in [0.3, 0.4) is 0 Å². The topological polar surface area (TPSA) is 257 Å². The number of aromatic nitrogens is 4. The summed E-state index contributed by atoms with van der Waals surface area (Å²) in [7, 11) is -4.35. The second kappa shape index (κ2) is 11.2. The number of terminal acetylenes is 1. The third kappa shape index (κ3) is 5.61. The van der Waals surface area contributed by atoms with Crippen molar-refractivity contribution in [2.45, 2.75) is 48.3 Å². The van der Waals surface area contributed by atoms with Crippen LogP contribution >= 0.6 is 7.82 Å². The first-order valence-electron chi connectivity index (χ1n) is 11.6. The Bertz CT molecular complexity index is 1500. The summed E-state index contributed by atoms with van der Waals surface area (Å²) in [6.07, 6.45) is -4.81. The number of hydrogen-bond acceptors (Lipinski definition) is 14. The fourth-order valence-corrected chi connectivity index (χ4v) is 5.45. The van der Waals surface area contributed by atoms with Crippen LogP contribution in [0, 0.1) is 12.3 Å². The number of H-pyrrole nitrogens is 1. The number of halogens is 2. The van der Waals surface area contributed by atoms with Crippen LogP contribution in [0.5, 0.6) is 0 Å². The van der Waals surface area contributed by atoms with Gasteiger partial charge in [0.15, 0.2) is 24.0 Å². The smallest absolute Gasteiger partial charge is 0.394 e. The zero-order valence-corrected chi connectivity index (χ0v) is 21.9. The number of anilines is 2. The molecule has 4 heterocycles. The van der Waals surface area contributed by atoms with Gasteiger partial charge in [0.05, 0.1) is 18.9 Å². The summed E-state index contributed by atoms with van der Waals surface area (Å²) >= 11 is 0. The summed E-state index contributed by atoms with van der Waals surface area (Å²) in [5, 5.41) is 20.5.